The maximum absolute atomic E-state index is 11.2. The number of aryl methyl sites for hydroxylation is 1. The molecule has 7 heteroatoms. The standard InChI is InChI=1S/C11H17NO5S/c1-3-18(15,16)5-4-12-7-9-6-10(11(13)14)17-8(9)2/h6,12H,3-5,7H2,1-2H3,(H,13,14). The number of rotatable bonds is 7. The molecule has 0 saturated carbocycles. The smallest absolute Gasteiger partial charge is 0.371 e. The van der Waals surface area contributed by atoms with Crippen LogP contribution in [0.2, 0.25) is 0 Å². The van der Waals surface area contributed by atoms with Crippen LogP contribution in [0.3, 0.4) is 0 Å². The number of carboxylic acid groups (broad SMARTS) is 1. The average molecular weight is 275 g/mol. The van der Waals surface area contributed by atoms with Gasteiger partial charge in [0.1, 0.15) is 5.76 Å². The highest BCUT2D eigenvalue weighted by atomic mass is 32.2. The number of furan rings is 1. The molecule has 0 aliphatic heterocycles. The summed E-state index contributed by atoms with van der Waals surface area (Å²) in [4.78, 5) is 10.7. The summed E-state index contributed by atoms with van der Waals surface area (Å²) >= 11 is 0. The zero-order chi connectivity index (χ0) is 13.8. The first kappa shape index (κ1) is 14.7. The Hall–Kier alpha value is -1.34. The van der Waals surface area contributed by atoms with Gasteiger partial charge in [-0.1, -0.05) is 6.92 Å². The Balaban J connectivity index is 2.47. The van der Waals surface area contributed by atoms with Gasteiger partial charge in [-0.2, -0.15) is 0 Å². The molecule has 1 aromatic heterocycles. The van der Waals surface area contributed by atoms with Gasteiger partial charge < -0.3 is 14.8 Å². The highest BCUT2D eigenvalue weighted by molar-refractivity contribution is 7.91. The summed E-state index contributed by atoms with van der Waals surface area (Å²) in [5.74, 6) is -0.490. The van der Waals surface area contributed by atoms with Crippen molar-refractivity contribution in [2.75, 3.05) is 18.1 Å². The summed E-state index contributed by atoms with van der Waals surface area (Å²) in [6, 6.07) is 1.44. The van der Waals surface area contributed by atoms with Crippen molar-refractivity contribution in [3.8, 4) is 0 Å². The molecule has 102 valence electrons. The molecule has 6 nitrogen and oxygen atoms in total. The molecular weight excluding hydrogens is 258 g/mol. The van der Waals surface area contributed by atoms with Gasteiger partial charge in [0.25, 0.3) is 0 Å². The van der Waals surface area contributed by atoms with Gasteiger partial charge in [0, 0.05) is 24.4 Å². The van der Waals surface area contributed by atoms with E-state index in [2.05, 4.69) is 5.32 Å². The molecule has 0 spiro atoms. The Morgan fingerprint density at radius 3 is 2.67 bits per heavy atom. The monoisotopic (exact) mass is 275 g/mol. The molecule has 0 atom stereocenters. The molecule has 1 heterocycles. The van der Waals surface area contributed by atoms with Crippen LogP contribution in [0.1, 0.15) is 28.8 Å². The molecule has 0 amide bonds. The van der Waals surface area contributed by atoms with Gasteiger partial charge in [-0.25, -0.2) is 13.2 Å². The SMILES string of the molecule is CCS(=O)(=O)CCNCc1cc(C(=O)O)oc1C. The van der Waals surface area contributed by atoms with Crippen LogP contribution in [0.5, 0.6) is 0 Å². The van der Waals surface area contributed by atoms with Crippen LogP contribution in [-0.4, -0.2) is 37.5 Å². The predicted octanol–water partition coefficient (Wildman–Crippen LogP) is 0.811. The molecule has 0 unspecified atom stereocenters. The number of carboxylic acids is 1. The third-order valence-electron chi connectivity index (χ3n) is 2.58. The van der Waals surface area contributed by atoms with Gasteiger partial charge in [0.05, 0.1) is 5.75 Å². The lowest BCUT2D eigenvalue weighted by molar-refractivity contribution is 0.0661. The van der Waals surface area contributed by atoms with Gasteiger partial charge in [0.2, 0.25) is 5.76 Å². The molecular formula is C11H17NO5S. The second-order valence-electron chi connectivity index (χ2n) is 3.91. The van der Waals surface area contributed by atoms with Crippen molar-refractivity contribution in [2.45, 2.75) is 20.4 Å². The molecule has 0 fully saturated rings. The lowest BCUT2D eigenvalue weighted by atomic mass is 10.2. The number of hydrogen-bond acceptors (Lipinski definition) is 5. The molecule has 0 radical (unpaired) electrons. The van der Waals surface area contributed by atoms with Crippen molar-refractivity contribution in [2.24, 2.45) is 0 Å². The van der Waals surface area contributed by atoms with Gasteiger partial charge in [-0.15, -0.1) is 0 Å². The fraction of sp³-hybridized carbons (Fsp3) is 0.545. The van der Waals surface area contributed by atoms with E-state index in [4.69, 9.17) is 9.52 Å². The van der Waals surface area contributed by atoms with Crippen LogP contribution >= 0.6 is 0 Å². The number of hydrogen-bond donors (Lipinski definition) is 2. The molecule has 0 saturated heterocycles. The van der Waals surface area contributed by atoms with Gasteiger partial charge in [0.15, 0.2) is 9.84 Å². The van der Waals surface area contributed by atoms with Crippen molar-refractivity contribution in [1.29, 1.82) is 0 Å². The molecule has 0 bridgehead atoms. The van der Waals surface area contributed by atoms with Crippen LogP contribution in [0.15, 0.2) is 10.5 Å². The van der Waals surface area contributed by atoms with E-state index in [0.717, 1.165) is 5.56 Å². The minimum Gasteiger partial charge on any atom is -0.475 e. The van der Waals surface area contributed by atoms with Gasteiger partial charge in [-0.05, 0) is 13.0 Å². The number of nitrogens with one attached hydrogen (secondary N) is 1. The van der Waals surface area contributed by atoms with E-state index >= 15 is 0 Å². The van der Waals surface area contributed by atoms with E-state index in [1.807, 2.05) is 0 Å². The summed E-state index contributed by atoms with van der Waals surface area (Å²) in [6.45, 7) is 4.01. The lowest BCUT2D eigenvalue weighted by Crippen LogP contribution is -2.23. The Morgan fingerprint density at radius 1 is 1.50 bits per heavy atom. The Morgan fingerprint density at radius 2 is 2.17 bits per heavy atom. The summed E-state index contributed by atoms with van der Waals surface area (Å²) in [7, 11) is -2.97. The van der Waals surface area contributed by atoms with E-state index in [0.29, 0.717) is 18.8 Å². The van der Waals surface area contributed by atoms with Crippen LogP contribution < -0.4 is 5.32 Å². The van der Waals surface area contributed by atoms with E-state index in [1.165, 1.54) is 6.07 Å². The summed E-state index contributed by atoms with van der Waals surface area (Å²) < 4.78 is 27.5. The van der Waals surface area contributed by atoms with E-state index in [9.17, 15) is 13.2 Å². The average Bonchev–Trinajstić information content (AvgIpc) is 2.67. The Kier molecular flexibility index (Phi) is 4.92. The molecule has 0 aliphatic rings. The van der Waals surface area contributed by atoms with E-state index in [1.54, 1.807) is 13.8 Å². The summed E-state index contributed by atoms with van der Waals surface area (Å²) in [5, 5.41) is 11.7. The first-order valence-electron chi connectivity index (χ1n) is 5.59. The molecule has 1 rings (SSSR count). The number of carbonyl (C=O) groups is 1. The lowest BCUT2D eigenvalue weighted by Gasteiger charge is -2.03. The fourth-order valence-corrected chi connectivity index (χ4v) is 2.14. The maximum atomic E-state index is 11.2. The van der Waals surface area contributed by atoms with Crippen molar-refractivity contribution >= 4 is 15.8 Å². The minimum atomic E-state index is -2.97. The Bertz CT molecular complexity index is 518. The van der Waals surface area contributed by atoms with Gasteiger partial charge in [-0.3, -0.25) is 0 Å². The third kappa shape index (κ3) is 4.15. The maximum Gasteiger partial charge on any atom is 0.371 e. The zero-order valence-corrected chi connectivity index (χ0v) is 11.2. The predicted molar refractivity (Wildman–Crippen MR) is 66.4 cm³/mol. The number of sulfone groups is 1. The molecule has 18 heavy (non-hydrogen) atoms. The fourth-order valence-electron chi connectivity index (χ4n) is 1.40. The second kappa shape index (κ2) is 6.01. The van der Waals surface area contributed by atoms with Crippen LogP contribution in [0.4, 0.5) is 0 Å². The molecule has 1 aromatic rings. The van der Waals surface area contributed by atoms with Crippen molar-refractivity contribution < 1.29 is 22.7 Å². The topological polar surface area (TPSA) is 96.6 Å². The highest BCUT2D eigenvalue weighted by Gasteiger charge is 2.13. The van der Waals surface area contributed by atoms with Crippen molar-refractivity contribution in [3.05, 3.63) is 23.2 Å². The van der Waals surface area contributed by atoms with Gasteiger partial charge >= 0.3 is 5.97 Å². The number of aromatic carboxylic acids is 1. The normalized spacial score (nSPS) is 11.7. The van der Waals surface area contributed by atoms with E-state index in [-0.39, 0.29) is 17.3 Å². The largest absolute Gasteiger partial charge is 0.475 e. The third-order valence-corrected chi connectivity index (χ3v) is 4.28. The first-order valence-corrected chi connectivity index (χ1v) is 7.41. The molecule has 0 aromatic carbocycles. The van der Waals surface area contributed by atoms with Crippen LogP contribution in [0, 0.1) is 6.92 Å². The summed E-state index contributed by atoms with van der Waals surface area (Å²) in [5.41, 5.74) is 0.723. The summed E-state index contributed by atoms with van der Waals surface area (Å²) in [6.07, 6.45) is 0. The Labute approximate surface area is 106 Å². The quantitative estimate of drug-likeness (QED) is 0.715. The van der Waals surface area contributed by atoms with Crippen LogP contribution in [0.25, 0.3) is 0 Å². The highest BCUT2D eigenvalue weighted by Crippen LogP contribution is 2.14. The molecule has 2 N–H and O–H groups in total. The molecule has 0 aliphatic carbocycles. The van der Waals surface area contributed by atoms with E-state index < -0.39 is 15.8 Å². The van der Waals surface area contributed by atoms with Crippen LogP contribution in [-0.2, 0) is 16.4 Å². The van der Waals surface area contributed by atoms with Crippen molar-refractivity contribution in [1.82, 2.24) is 5.32 Å². The first-order chi connectivity index (χ1) is 8.35. The second-order valence-corrected chi connectivity index (χ2v) is 6.38. The zero-order valence-electron chi connectivity index (χ0n) is 10.4. The minimum absolute atomic E-state index is 0.0756. The van der Waals surface area contributed by atoms with Crippen molar-refractivity contribution in [3.63, 3.8) is 0 Å².